The topological polar surface area (TPSA) is 20.2 Å². The van der Waals surface area contributed by atoms with Gasteiger partial charge in [0, 0.05) is 5.92 Å². The highest BCUT2D eigenvalue weighted by Gasteiger charge is 2.34. The Balaban J connectivity index is 2.29. The zero-order chi connectivity index (χ0) is 13.5. The highest BCUT2D eigenvalue weighted by Crippen LogP contribution is 2.41. The van der Waals surface area contributed by atoms with Crippen molar-refractivity contribution in [3.05, 3.63) is 70.8 Å². The van der Waals surface area contributed by atoms with Crippen LogP contribution in [0.1, 0.15) is 42.0 Å². The number of fused-ring (bicyclic) bond motifs is 2. The fourth-order valence-corrected chi connectivity index (χ4v) is 2.88. The molecule has 96 valence electrons. The number of rotatable bonds is 0. The van der Waals surface area contributed by atoms with Gasteiger partial charge in [-0.2, -0.15) is 0 Å². The Morgan fingerprint density at radius 1 is 0.895 bits per heavy atom. The molecule has 1 aliphatic carbocycles. The van der Waals surface area contributed by atoms with Crippen LogP contribution in [0.25, 0.3) is 12.2 Å². The van der Waals surface area contributed by atoms with Gasteiger partial charge in [-0.05, 0) is 29.2 Å². The third-order valence-corrected chi connectivity index (χ3v) is 4.25. The van der Waals surface area contributed by atoms with Gasteiger partial charge in [0.15, 0.2) is 0 Å². The summed E-state index contributed by atoms with van der Waals surface area (Å²) in [4.78, 5) is 0. The van der Waals surface area contributed by atoms with Crippen LogP contribution in [0.5, 0.6) is 0 Å². The highest BCUT2D eigenvalue weighted by molar-refractivity contribution is 5.74. The van der Waals surface area contributed by atoms with E-state index in [1.54, 1.807) is 0 Å². The van der Waals surface area contributed by atoms with Crippen molar-refractivity contribution in [2.45, 2.75) is 25.4 Å². The van der Waals surface area contributed by atoms with Gasteiger partial charge in [-0.25, -0.2) is 0 Å². The van der Waals surface area contributed by atoms with Crippen molar-refractivity contribution in [2.75, 3.05) is 0 Å². The van der Waals surface area contributed by atoms with Crippen LogP contribution in [-0.4, -0.2) is 5.11 Å². The monoisotopic (exact) mass is 250 g/mol. The molecule has 19 heavy (non-hydrogen) atoms. The average Bonchev–Trinajstić information content (AvgIpc) is 2.44. The van der Waals surface area contributed by atoms with Crippen molar-refractivity contribution in [1.29, 1.82) is 0 Å². The molecule has 2 aromatic rings. The molecule has 0 aromatic heterocycles. The van der Waals surface area contributed by atoms with Gasteiger partial charge in [-0.1, -0.05) is 67.6 Å². The second-order valence-electron chi connectivity index (χ2n) is 5.42. The van der Waals surface area contributed by atoms with Crippen LogP contribution < -0.4 is 0 Å². The molecule has 0 amide bonds. The second kappa shape index (κ2) is 4.36. The van der Waals surface area contributed by atoms with Crippen molar-refractivity contribution in [1.82, 2.24) is 0 Å². The van der Waals surface area contributed by atoms with Crippen LogP contribution in [-0.2, 0) is 5.60 Å². The second-order valence-corrected chi connectivity index (χ2v) is 5.42. The quantitative estimate of drug-likeness (QED) is 0.743. The lowest BCUT2D eigenvalue weighted by Crippen LogP contribution is -2.30. The number of benzene rings is 2. The first kappa shape index (κ1) is 12.2. The Bertz CT molecular complexity index is 638. The van der Waals surface area contributed by atoms with E-state index in [1.807, 2.05) is 37.3 Å². The van der Waals surface area contributed by atoms with E-state index < -0.39 is 5.60 Å². The van der Waals surface area contributed by atoms with Crippen LogP contribution in [0.15, 0.2) is 48.5 Å². The number of hydrogen-bond donors (Lipinski definition) is 1. The summed E-state index contributed by atoms with van der Waals surface area (Å²) in [5, 5.41) is 11.0. The first-order valence-electron chi connectivity index (χ1n) is 6.69. The zero-order valence-electron chi connectivity index (χ0n) is 11.3. The van der Waals surface area contributed by atoms with Crippen LogP contribution in [0.3, 0.4) is 0 Å². The van der Waals surface area contributed by atoms with E-state index in [0.29, 0.717) is 0 Å². The molecule has 0 radical (unpaired) electrons. The number of hydrogen-bond acceptors (Lipinski definition) is 1. The predicted octanol–water partition coefficient (Wildman–Crippen LogP) is 4.18. The van der Waals surface area contributed by atoms with Crippen molar-refractivity contribution in [3.63, 3.8) is 0 Å². The fourth-order valence-electron chi connectivity index (χ4n) is 2.88. The minimum Gasteiger partial charge on any atom is -0.385 e. The summed E-state index contributed by atoms with van der Waals surface area (Å²) in [5.41, 5.74) is 3.60. The first-order chi connectivity index (χ1) is 9.10. The Morgan fingerprint density at radius 3 is 2.26 bits per heavy atom. The van der Waals surface area contributed by atoms with E-state index in [-0.39, 0.29) is 5.92 Å². The molecule has 0 heterocycles. The van der Waals surface area contributed by atoms with Gasteiger partial charge in [0.05, 0.1) is 5.60 Å². The molecule has 1 N–H and O–H groups in total. The largest absolute Gasteiger partial charge is 0.385 e. The van der Waals surface area contributed by atoms with E-state index >= 15 is 0 Å². The molecule has 1 aliphatic rings. The maximum atomic E-state index is 11.0. The van der Waals surface area contributed by atoms with Gasteiger partial charge in [0.1, 0.15) is 0 Å². The van der Waals surface area contributed by atoms with Crippen molar-refractivity contribution in [3.8, 4) is 0 Å². The Morgan fingerprint density at radius 2 is 1.47 bits per heavy atom. The highest BCUT2D eigenvalue weighted by atomic mass is 16.3. The summed E-state index contributed by atoms with van der Waals surface area (Å²) in [6.07, 6.45) is 4.23. The van der Waals surface area contributed by atoms with E-state index in [2.05, 4.69) is 37.3 Å². The summed E-state index contributed by atoms with van der Waals surface area (Å²) < 4.78 is 0. The fraction of sp³-hybridized carbons (Fsp3) is 0.222. The lowest BCUT2D eigenvalue weighted by atomic mass is 9.75. The van der Waals surface area contributed by atoms with Crippen LogP contribution in [0, 0.1) is 0 Å². The molecular weight excluding hydrogens is 232 g/mol. The molecule has 0 saturated heterocycles. The Hall–Kier alpha value is -1.86. The van der Waals surface area contributed by atoms with Crippen LogP contribution >= 0.6 is 0 Å². The smallest absolute Gasteiger partial charge is 0.0940 e. The molecule has 1 heteroatoms. The van der Waals surface area contributed by atoms with Crippen molar-refractivity contribution in [2.24, 2.45) is 0 Å². The van der Waals surface area contributed by atoms with Crippen molar-refractivity contribution < 1.29 is 5.11 Å². The first-order valence-corrected chi connectivity index (χ1v) is 6.69. The summed E-state index contributed by atoms with van der Waals surface area (Å²) in [6.45, 7) is 4.00. The molecule has 0 spiro atoms. The summed E-state index contributed by atoms with van der Waals surface area (Å²) >= 11 is 0. The normalized spacial score (nSPS) is 26.8. The predicted molar refractivity (Wildman–Crippen MR) is 79.8 cm³/mol. The van der Waals surface area contributed by atoms with Gasteiger partial charge < -0.3 is 5.11 Å². The standard InChI is InChI=1S/C18H18O/c1-13-16-9-5-3-7-14(16)11-12-15-8-4-6-10-17(15)18(13,2)19/h3-13,19H,1-2H3/b12-11-. The van der Waals surface area contributed by atoms with E-state index in [0.717, 1.165) is 11.1 Å². The maximum Gasteiger partial charge on any atom is 0.0940 e. The molecule has 0 fully saturated rings. The van der Waals surface area contributed by atoms with E-state index in [1.165, 1.54) is 11.1 Å². The van der Waals surface area contributed by atoms with Gasteiger partial charge in [-0.3, -0.25) is 0 Å². The summed E-state index contributed by atoms with van der Waals surface area (Å²) in [7, 11) is 0. The third-order valence-electron chi connectivity index (χ3n) is 4.25. The van der Waals surface area contributed by atoms with E-state index in [4.69, 9.17) is 0 Å². The Labute approximate surface area is 114 Å². The lowest BCUT2D eigenvalue weighted by Gasteiger charge is -2.34. The minimum absolute atomic E-state index is 0.0507. The Kier molecular flexibility index (Phi) is 2.79. The molecular formula is C18H18O. The molecule has 2 atom stereocenters. The molecule has 2 aromatic carbocycles. The number of aliphatic hydroxyl groups is 1. The molecule has 3 rings (SSSR count). The molecule has 0 aliphatic heterocycles. The van der Waals surface area contributed by atoms with E-state index in [9.17, 15) is 5.11 Å². The molecule has 0 saturated carbocycles. The minimum atomic E-state index is -0.864. The van der Waals surface area contributed by atoms with Crippen molar-refractivity contribution >= 4 is 12.2 Å². The maximum absolute atomic E-state index is 11.0. The zero-order valence-corrected chi connectivity index (χ0v) is 11.3. The molecule has 1 nitrogen and oxygen atoms in total. The van der Waals surface area contributed by atoms with Crippen LogP contribution in [0.4, 0.5) is 0 Å². The third kappa shape index (κ3) is 1.91. The summed E-state index contributed by atoms with van der Waals surface area (Å²) in [6, 6.07) is 16.4. The van der Waals surface area contributed by atoms with Gasteiger partial charge >= 0.3 is 0 Å². The van der Waals surface area contributed by atoms with Gasteiger partial charge in [-0.15, -0.1) is 0 Å². The van der Waals surface area contributed by atoms with Crippen LogP contribution in [0.2, 0.25) is 0 Å². The lowest BCUT2D eigenvalue weighted by molar-refractivity contribution is 0.0320. The van der Waals surface area contributed by atoms with Gasteiger partial charge in [0.25, 0.3) is 0 Å². The molecule has 2 unspecified atom stereocenters. The van der Waals surface area contributed by atoms with Gasteiger partial charge in [0.2, 0.25) is 0 Å². The SMILES string of the molecule is CC1c2ccccc2/C=C\c2ccccc2C1(C)O. The summed E-state index contributed by atoms with van der Waals surface area (Å²) in [5.74, 6) is 0.0507. The molecule has 0 bridgehead atoms. The average molecular weight is 250 g/mol.